The summed E-state index contributed by atoms with van der Waals surface area (Å²) >= 11 is 0. The zero-order valence-corrected chi connectivity index (χ0v) is 9.39. The Morgan fingerprint density at radius 2 is 2.31 bits per heavy atom. The maximum Gasteiger partial charge on any atom is 0.317 e. The van der Waals surface area contributed by atoms with E-state index in [2.05, 4.69) is 14.8 Å². The standard InChI is InChI=1S/C10H16N4O2/c1-13(7-10(15)16)6-9-12-11-8-4-2-3-5-14(8)9/h2-7H2,1H3,(H,15,16). The number of aromatic nitrogens is 3. The highest BCUT2D eigenvalue weighted by Crippen LogP contribution is 2.14. The maximum atomic E-state index is 10.5. The molecule has 1 aliphatic rings. The molecule has 0 bridgehead atoms. The van der Waals surface area contributed by atoms with Crippen molar-refractivity contribution in [1.29, 1.82) is 0 Å². The van der Waals surface area contributed by atoms with Crippen LogP contribution >= 0.6 is 0 Å². The van der Waals surface area contributed by atoms with Gasteiger partial charge in [0.05, 0.1) is 13.1 Å². The molecular weight excluding hydrogens is 208 g/mol. The van der Waals surface area contributed by atoms with Crippen molar-refractivity contribution in [3.05, 3.63) is 11.6 Å². The lowest BCUT2D eigenvalue weighted by Gasteiger charge is -2.17. The van der Waals surface area contributed by atoms with E-state index in [1.165, 1.54) is 6.42 Å². The van der Waals surface area contributed by atoms with E-state index in [-0.39, 0.29) is 6.54 Å². The number of aliphatic carboxylic acids is 1. The third-order valence-corrected chi connectivity index (χ3v) is 2.75. The fourth-order valence-electron chi connectivity index (χ4n) is 2.01. The Balaban J connectivity index is 2.04. The van der Waals surface area contributed by atoms with Crippen molar-refractivity contribution in [1.82, 2.24) is 19.7 Å². The second kappa shape index (κ2) is 4.61. The van der Waals surface area contributed by atoms with Crippen molar-refractivity contribution in [2.24, 2.45) is 0 Å². The number of nitrogens with zero attached hydrogens (tertiary/aromatic N) is 4. The molecule has 16 heavy (non-hydrogen) atoms. The molecule has 0 spiro atoms. The van der Waals surface area contributed by atoms with Crippen molar-refractivity contribution in [3.8, 4) is 0 Å². The number of fused-ring (bicyclic) bond motifs is 1. The van der Waals surface area contributed by atoms with Crippen LogP contribution in [0.1, 0.15) is 24.5 Å². The molecule has 2 heterocycles. The van der Waals surface area contributed by atoms with Gasteiger partial charge in [0.25, 0.3) is 0 Å². The SMILES string of the molecule is CN(CC(=O)O)Cc1nnc2n1CCCC2. The topological polar surface area (TPSA) is 71.2 Å². The predicted molar refractivity (Wildman–Crippen MR) is 56.9 cm³/mol. The fourth-order valence-corrected chi connectivity index (χ4v) is 2.01. The summed E-state index contributed by atoms with van der Waals surface area (Å²) in [6.07, 6.45) is 3.30. The molecule has 6 heteroatoms. The summed E-state index contributed by atoms with van der Waals surface area (Å²) in [5.74, 6) is 1.09. The second-order valence-corrected chi connectivity index (χ2v) is 4.21. The minimum atomic E-state index is -0.819. The highest BCUT2D eigenvalue weighted by atomic mass is 16.4. The van der Waals surface area contributed by atoms with Gasteiger partial charge >= 0.3 is 5.97 Å². The summed E-state index contributed by atoms with van der Waals surface area (Å²) < 4.78 is 2.11. The van der Waals surface area contributed by atoms with Gasteiger partial charge in [-0.25, -0.2) is 0 Å². The van der Waals surface area contributed by atoms with E-state index in [4.69, 9.17) is 5.11 Å². The summed E-state index contributed by atoms with van der Waals surface area (Å²) in [7, 11) is 1.78. The molecule has 0 aromatic carbocycles. The lowest BCUT2D eigenvalue weighted by Crippen LogP contribution is -2.27. The van der Waals surface area contributed by atoms with Crippen LogP contribution in [0, 0.1) is 0 Å². The first-order chi connectivity index (χ1) is 7.66. The molecule has 1 aromatic rings. The quantitative estimate of drug-likeness (QED) is 0.787. The zero-order chi connectivity index (χ0) is 11.5. The molecule has 0 saturated heterocycles. The van der Waals surface area contributed by atoms with E-state index in [1.807, 2.05) is 0 Å². The molecule has 6 nitrogen and oxygen atoms in total. The number of rotatable bonds is 4. The maximum absolute atomic E-state index is 10.5. The lowest BCUT2D eigenvalue weighted by atomic mass is 10.2. The average Bonchev–Trinajstić information content (AvgIpc) is 2.61. The molecule has 1 aromatic heterocycles. The first-order valence-electron chi connectivity index (χ1n) is 5.48. The lowest BCUT2D eigenvalue weighted by molar-refractivity contribution is -0.138. The van der Waals surface area contributed by atoms with Crippen LogP contribution < -0.4 is 0 Å². The zero-order valence-electron chi connectivity index (χ0n) is 9.39. The van der Waals surface area contributed by atoms with Gasteiger partial charge in [0, 0.05) is 13.0 Å². The van der Waals surface area contributed by atoms with Gasteiger partial charge in [-0.2, -0.15) is 0 Å². The van der Waals surface area contributed by atoms with Crippen LogP contribution in [0.2, 0.25) is 0 Å². The molecule has 0 amide bonds. The van der Waals surface area contributed by atoms with E-state index >= 15 is 0 Å². The Bertz CT molecular complexity index is 388. The van der Waals surface area contributed by atoms with Gasteiger partial charge in [-0.1, -0.05) is 0 Å². The number of carboxylic acid groups (broad SMARTS) is 1. The highest BCUT2D eigenvalue weighted by Gasteiger charge is 2.17. The molecule has 0 radical (unpaired) electrons. The van der Waals surface area contributed by atoms with Crippen LogP contribution in [0.25, 0.3) is 0 Å². The minimum absolute atomic E-state index is 0.0300. The van der Waals surface area contributed by atoms with Gasteiger partial charge in [-0.15, -0.1) is 10.2 Å². The van der Waals surface area contributed by atoms with Crippen LogP contribution in [-0.2, 0) is 24.3 Å². The van der Waals surface area contributed by atoms with Crippen LogP contribution in [0.3, 0.4) is 0 Å². The van der Waals surface area contributed by atoms with Crippen LogP contribution in [0.4, 0.5) is 0 Å². The Morgan fingerprint density at radius 1 is 1.50 bits per heavy atom. The highest BCUT2D eigenvalue weighted by molar-refractivity contribution is 5.68. The molecule has 0 aliphatic carbocycles. The van der Waals surface area contributed by atoms with E-state index < -0.39 is 5.97 Å². The normalized spacial score (nSPS) is 15.1. The molecule has 2 rings (SSSR count). The smallest absolute Gasteiger partial charge is 0.317 e. The van der Waals surface area contributed by atoms with E-state index in [0.717, 1.165) is 31.0 Å². The molecule has 0 fully saturated rings. The van der Waals surface area contributed by atoms with Gasteiger partial charge in [0.2, 0.25) is 0 Å². The molecule has 0 unspecified atom stereocenters. The van der Waals surface area contributed by atoms with Gasteiger partial charge in [0.1, 0.15) is 11.6 Å². The molecular formula is C10H16N4O2. The molecule has 88 valence electrons. The molecule has 0 saturated carbocycles. The summed E-state index contributed by atoms with van der Waals surface area (Å²) in [5.41, 5.74) is 0. The third kappa shape index (κ3) is 2.38. The number of carboxylic acids is 1. The summed E-state index contributed by atoms with van der Waals surface area (Å²) in [6.45, 7) is 1.53. The van der Waals surface area contributed by atoms with Gasteiger partial charge in [-0.05, 0) is 19.9 Å². The van der Waals surface area contributed by atoms with E-state index in [9.17, 15) is 4.79 Å². The first kappa shape index (κ1) is 11.1. The van der Waals surface area contributed by atoms with Crippen LogP contribution in [0.15, 0.2) is 0 Å². The number of likely N-dealkylation sites (N-methyl/N-ethyl adjacent to an activating group) is 1. The van der Waals surface area contributed by atoms with Crippen molar-refractivity contribution >= 4 is 5.97 Å². The van der Waals surface area contributed by atoms with Gasteiger partial charge < -0.3 is 9.67 Å². The largest absolute Gasteiger partial charge is 0.480 e. The van der Waals surface area contributed by atoms with Crippen LogP contribution in [0.5, 0.6) is 0 Å². The van der Waals surface area contributed by atoms with E-state index in [0.29, 0.717) is 6.54 Å². The molecule has 0 atom stereocenters. The van der Waals surface area contributed by atoms with Crippen molar-refractivity contribution in [2.75, 3.05) is 13.6 Å². The van der Waals surface area contributed by atoms with Crippen molar-refractivity contribution < 1.29 is 9.90 Å². The van der Waals surface area contributed by atoms with Crippen LogP contribution in [-0.4, -0.2) is 44.3 Å². The van der Waals surface area contributed by atoms with Gasteiger partial charge in [-0.3, -0.25) is 9.69 Å². The number of hydrogen-bond acceptors (Lipinski definition) is 4. The molecule has 1 aliphatic heterocycles. The fraction of sp³-hybridized carbons (Fsp3) is 0.700. The minimum Gasteiger partial charge on any atom is -0.480 e. The Labute approximate surface area is 93.9 Å². The predicted octanol–water partition coefficient (Wildman–Crippen LogP) is 0.131. The van der Waals surface area contributed by atoms with E-state index in [1.54, 1.807) is 11.9 Å². The van der Waals surface area contributed by atoms with Gasteiger partial charge in [0.15, 0.2) is 0 Å². The summed E-state index contributed by atoms with van der Waals surface area (Å²) in [6, 6.07) is 0. The number of carbonyl (C=O) groups is 1. The second-order valence-electron chi connectivity index (χ2n) is 4.21. The Kier molecular flexibility index (Phi) is 3.19. The van der Waals surface area contributed by atoms with Crippen molar-refractivity contribution in [2.45, 2.75) is 32.4 Å². The molecule has 1 N–H and O–H groups in total. The monoisotopic (exact) mass is 224 g/mol. The number of aryl methyl sites for hydroxylation is 1. The summed E-state index contributed by atoms with van der Waals surface area (Å²) in [4.78, 5) is 12.3. The number of hydrogen-bond donors (Lipinski definition) is 1. The van der Waals surface area contributed by atoms with Crippen molar-refractivity contribution in [3.63, 3.8) is 0 Å². The first-order valence-corrected chi connectivity index (χ1v) is 5.48. The average molecular weight is 224 g/mol. The Hall–Kier alpha value is -1.43. The Morgan fingerprint density at radius 3 is 3.06 bits per heavy atom. The summed E-state index contributed by atoms with van der Waals surface area (Å²) in [5, 5.41) is 16.9. The third-order valence-electron chi connectivity index (χ3n) is 2.75.